The van der Waals surface area contributed by atoms with E-state index in [2.05, 4.69) is 41.7 Å². The van der Waals surface area contributed by atoms with Crippen molar-refractivity contribution in [3.8, 4) is 17.1 Å². The fraction of sp³-hybridized carbons (Fsp3) is 0.318. The maximum absolute atomic E-state index is 10.4. The van der Waals surface area contributed by atoms with Gasteiger partial charge >= 0.3 is 0 Å². The second-order valence-electron chi connectivity index (χ2n) is 6.91. The Bertz CT molecular complexity index is 928. The van der Waals surface area contributed by atoms with Gasteiger partial charge in [0.05, 0.1) is 6.10 Å². The number of nitrogens with zero attached hydrogens (tertiary/aromatic N) is 4. The third-order valence-corrected chi connectivity index (χ3v) is 5.46. The Balaban J connectivity index is 1.63. The largest absolute Gasteiger partial charge is 0.491 e. The van der Waals surface area contributed by atoms with E-state index in [0.29, 0.717) is 18.2 Å². The minimum absolute atomic E-state index is 0.226. The molecule has 0 saturated heterocycles. The van der Waals surface area contributed by atoms with Crippen LogP contribution in [0.4, 0.5) is 0 Å². The summed E-state index contributed by atoms with van der Waals surface area (Å²) in [5.41, 5.74) is 2.08. The van der Waals surface area contributed by atoms with Crippen LogP contribution in [0.5, 0.6) is 5.75 Å². The van der Waals surface area contributed by atoms with Gasteiger partial charge in [-0.05, 0) is 29.7 Å². The molecule has 0 fully saturated rings. The lowest BCUT2D eigenvalue weighted by Gasteiger charge is -2.16. The number of thioether (sulfide) groups is 1. The third-order valence-electron chi connectivity index (χ3n) is 4.34. The number of pyridine rings is 1. The van der Waals surface area contributed by atoms with Crippen LogP contribution in [0, 0.1) is 0 Å². The molecule has 0 bridgehead atoms. The van der Waals surface area contributed by atoms with Crippen LogP contribution < -0.4 is 4.74 Å². The standard InChI is InChI=1S/C22H26N4O2S/c1-4-13-26-21(17-9-11-23-12-10-17)24-25-22(26)29-15-18(27)14-28-20-8-6-5-7-19(20)16(2)3/h4-12,16,18,27H,1,13-15H2,2-3H3/t18-/m0/s1. The molecule has 0 aliphatic rings. The van der Waals surface area contributed by atoms with Crippen molar-refractivity contribution in [1.29, 1.82) is 0 Å². The van der Waals surface area contributed by atoms with Gasteiger partial charge in [0.15, 0.2) is 11.0 Å². The molecule has 0 unspecified atom stereocenters. The molecule has 0 radical (unpaired) electrons. The molecule has 1 aromatic carbocycles. The first-order valence-corrected chi connectivity index (χ1v) is 10.6. The average molecular weight is 411 g/mol. The van der Waals surface area contributed by atoms with Crippen molar-refractivity contribution in [3.63, 3.8) is 0 Å². The van der Waals surface area contributed by atoms with Gasteiger partial charge in [-0.25, -0.2) is 0 Å². The van der Waals surface area contributed by atoms with Crippen molar-refractivity contribution in [2.45, 2.75) is 37.6 Å². The molecular weight excluding hydrogens is 384 g/mol. The van der Waals surface area contributed by atoms with E-state index in [9.17, 15) is 5.11 Å². The zero-order valence-corrected chi connectivity index (χ0v) is 17.5. The van der Waals surface area contributed by atoms with Gasteiger partial charge < -0.3 is 9.84 Å². The number of benzene rings is 1. The molecule has 0 aliphatic carbocycles. The van der Waals surface area contributed by atoms with Crippen molar-refractivity contribution in [3.05, 3.63) is 67.0 Å². The van der Waals surface area contributed by atoms with Crippen molar-refractivity contribution >= 4 is 11.8 Å². The fourth-order valence-corrected chi connectivity index (χ4v) is 3.75. The Kier molecular flexibility index (Phi) is 7.43. The molecule has 7 heteroatoms. The lowest BCUT2D eigenvalue weighted by atomic mass is 10.0. The number of hydrogen-bond donors (Lipinski definition) is 1. The summed E-state index contributed by atoms with van der Waals surface area (Å²) < 4.78 is 7.85. The molecule has 2 aromatic heterocycles. The second-order valence-corrected chi connectivity index (χ2v) is 7.90. The maximum Gasteiger partial charge on any atom is 0.191 e. The third kappa shape index (κ3) is 5.46. The molecule has 3 aromatic rings. The van der Waals surface area contributed by atoms with Crippen LogP contribution in [0.25, 0.3) is 11.4 Å². The predicted octanol–water partition coefficient (Wildman–Crippen LogP) is 4.18. The zero-order chi connectivity index (χ0) is 20.6. The van der Waals surface area contributed by atoms with Gasteiger partial charge in [-0.1, -0.05) is 49.9 Å². The van der Waals surface area contributed by atoms with Gasteiger partial charge in [-0.15, -0.1) is 16.8 Å². The Morgan fingerprint density at radius 1 is 1.17 bits per heavy atom. The van der Waals surface area contributed by atoms with Crippen molar-refractivity contribution < 1.29 is 9.84 Å². The number of allylic oxidation sites excluding steroid dienone is 1. The second kappa shape index (κ2) is 10.2. The molecule has 2 heterocycles. The van der Waals surface area contributed by atoms with Crippen molar-refractivity contribution in [2.24, 2.45) is 0 Å². The predicted molar refractivity (Wildman–Crippen MR) is 116 cm³/mol. The topological polar surface area (TPSA) is 73.1 Å². The van der Waals surface area contributed by atoms with E-state index < -0.39 is 6.10 Å². The lowest BCUT2D eigenvalue weighted by Crippen LogP contribution is -2.21. The first-order chi connectivity index (χ1) is 14.1. The first-order valence-electron chi connectivity index (χ1n) is 9.57. The number of aliphatic hydroxyl groups excluding tert-OH is 1. The highest BCUT2D eigenvalue weighted by Gasteiger charge is 2.16. The van der Waals surface area contributed by atoms with Crippen LogP contribution in [0.15, 0.2) is 66.6 Å². The van der Waals surface area contributed by atoms with Crippen LogP contribution in [-0.2, 0) is 6.54 Å². The van der Waals surface area contributed by atoms with Gasteiger partial charge in [0.25, 0.3) is 0 Å². The smallest absolute Gasteiger partial charge is 0.191 e. The van der Waals surface area contributed by atoms with Crippen molar-refractivity contribution in [2.75, 3.05) is 12.4 Å². The summed E-state index contributed by atoms with van der Waals surface area (Å²) in [6, 6.07) is 11.7. The Hall–Kier alpha value is -2.64. The quantitative estimate of drug-likeness (QED) is 0.399. The van der Waals surface area contributed by atoms with Crippen LogP contribution >= 0.6 is 11.8 Å². The first kappa shape index (κ1) is 21.1. The maximum atomic E-state index is 10.4. The Morgan fingerprint density at radius 2 is 1.93 bits per heavy atom. The van der Waals surface area contributed by atoms with E-state index in [-0.39, 0.29) is 6.61 Å². The number of aromatic nitrogens is 4. The summed E-state index contributed by atoms with van der Waals surface area (Å²) >= 11 is 1.45. The summed E-state index contributed by atoms with van der Waals surface area (Å²) in [6.45, 7) is 8.89. The van der Waals surface area contributed by atoms with Gasteiger partial charge in [-0.3, -0.25) is 9.55 Å². The molecule has 3 rings (SSSR count). The molecule has 6 nitrogen and oxygen atoms in total. The van der Waals surface area contributed by atoms with Crippen LogP contribution in [0.1, 0.15) is 25.3 Å². The van der Waals surface area contributed by atoms with Gasteiger partial charge in [0, 0.05) is 30.3 Å². The number of para-hydroxylation sites is 1. The highest BCUT2D eigenvalue weighted by Crippen LogP contribution is 2.27. The van der Waals surface area contributed by atoms with Crippen LogP contribution in [0.3, 0.4) is 0 Å². The van der Waals surface area contributed by atoms with E-state index in [4.69, 9.17) is 4.74 Å². The Labute approximate surface area is 175 Å². The number of ether oxygens (including phenoxy) is 1. The minimum Gasteiger partial charge on any atom is -0.491 e. The molecule has 1 N–H and O–H groups in total. The molecular formula is C22H26N4O2S. The Morgan fingerprint density at radius 3 is 2.66 bits per heavy atom. The minimum atomic E-state index is -0.626. The van der Waals surface area contributed by atoms with Gasteiger partial charge in [-0.2, -0.15) is 0 Å². The normalized spacial score (nSPS) is 12.1. The summed E-state index contributed by atoms with van der Waals surface area (Å²) in [5, 5.41) is 19.8. The number of rotatable bonds is 10. The molecule has 0 aliphatic heterocycles. The van der Waals surface area contributed by atoms with Gasteiger partial charge in [0.2, 0.25) is 0 Å². The molecule has 29 heavy (non-hydrogen) atoms. The number of aliphatic hydroxyl groups is 1. The van der Waals surface area contributed by atoms with E-state index in [1.807, 2.05) is 34.9 Å². The highest BCUT2D eigenvalue weighted by atomic mass is 32.2. The van der Waals surface area contributed by atoms with Crippen LogP contribution in [-0.4, -0.2) is 43.3 Å². The highest BCUT2D eigenvalue weighted by molar-refractivity contribution is 7.99. The number of hydrogen-bond acceptors (Lipinski definition) is 6. The average Bonchev–Trinajstić information content (AvgIpc) is 3.14. The van der Waals surface area contributed by atoms with Gasteiger partial charge in [0.1, 0.15) is 12.4 Å². The van der Waals surface area contributed by atoms with E-state index in [0.717, 1.165) is 27.9 Å². The molecule has 0 spiro atoms. The van der Waals surface area contributed by atoms with Crippen LogP contribution in [0.2, 0.25) is 0 Å². The van der Waals surface area contributed by atoms with E-state index >= 15 is 0 Å². The fourth-order valence-electron chi connectivity index (χ4n) is 2.90. The zero-order valence-electron chi connectivity index (χ0n) is 16.7. The monoisotopic (exact) mass is 410 g/mol. The molecule has 0 saturated carbocycles. The SMILES string of the molecule is C=CCn1c(SC[C@@H](O)COc2ccccc2C(C)C)nnc1-c1ccncc1. The molecule has 152 valence electrons. The van der Waals surface area contributed by atoms with E-state index in [1.165, 1.54) is 11.8 Å². The van der Waals surface area contributed by atoms with E-state index in [1.54, 1.807) is 18.5 Å². The lowest BCUT2D eigenvalue weighted by molar-refractivity contribution is 0.125. The van der Waals surface area contributed by atoms with Crippen molar-refractivity contribution in [1.82, 2.24) is 19.7 Å². The summed E-state index contributed by atoms with van der Waals surface area (Å²) in [7, 11) is 0. The summed E-state index contributed by atoms with van der Waals surface area (Å²) in [6.07, 6.45) is 4.63. The molecule has 0 amide bonds. The molecule has 1 atom stereocenters. The summed E-state index contributed by atoms with van der Waals surface area (Å²) in [5.74, 6) is 2.39. The summed E-state index contributed by atoms with van der Waals surface area (Å²) in [4.78, 5) is 4.05.